The van der Waals surface area contributed by atoms with Crippen molar-refractivity contribution in [3.05, 3.63) is 18.0 Å². The van der Waals surface area contributed by atoms with Gasteiger partial charge in [0.25, 0.3) is 0 Å². The van der Waals surface area contributed by atoms with Crippen molar-refractivity contribution >= 4 is 17.5 Å². The summed E-state index contributed by atoms with van der Waals surface area (Å²) in [7, 11) is 1.94. The second kappa shape index (κ2) is 6.58. The van der Waals surface area contributed by atoms with E-state index in [4.69, 9.17) is 16.3 Å². The van der Waals surface area contributed by atoms with Crippen LogP contribution >= 0.6 is 11.6 Å². The second-order valence-corrected chi connectivity index (χ2v) is 3.41. The van der Waals surface area contributed by atoms with Crippen molar-refractivity contribution in [1.82, 2.24) is 9.97 Å². The van der Waals surface area contributed by atoms with Gasteiger partial charge in [0.15, 0.2) is 0 Å². The minimum absolute atomic E-state index is 0.447. The Bertz CT molecular complexity index is 279. The fourth-order valence-electron chi connectivity index (χ4n) is 1.06. The third kappa shape index (κ3) is 4.01. The zero-order valence-corrected chi connectivity index (χ0v) is 9.87. The maximum Gasteiger partial charge on any atom is 0.225 e. The van der Waals surface area contributed by atoms with Crippen molar-refractivity contribution in [1.29, 1.82) is 0 Å². The van der Waals surface area contributed by atoms with E-state index >= 15 is 0 Å². The lowest BCUT2D eigenvalue weighted by Gasteiger charge is -2.16. The average molecular weight is 230 g/mol. The third-order valence-corrected chi connectivity index (χ3v) is 2.27. The van der Waals surface area contributed by atoms with Crippen molar-refractivity contribution in [3.63, 3.8) is 0 Å². The molecular formula is C10H16ClN3O. The summed E-state index contributed by atoms with van der Waals surface area (Å²) < 4.78 is 5.25. The Hall–Kier alpha value is -0.870. The summed E-state index contributed by atoms with van der Waals surface area (Å²) in [5.74, 6) is 1.15. The van der Waals surface area contributed by atoms with Crippen LogP contribution in [0.4, 0.5) is 5.95 Å². The molecule has 0 aliphatic rings. The van der Waals surface area contributed by atoms with Crippen LogP contribution in [0.2, 0.25) is 0 Å². The maximum atomic E-state index is 5.65. The summed E-state index contributed by atoms with van der Waals surface area (Å²) in [5.41, 5.74) is 0.929. The Labute approximate surface area is 95.2 Å². The largest absolute Gasteiger partial charge is 0.380 e. The van der Waals surface area contributed by atoms with E-state index in [9.17, 15) is 0 Å². The predicted octanol–water partition coefficient (Wildman–Crippen LogP) is 1.69. The smallest absolute Gasteiger partial charge is 0.225 e. The van der Waals surface area contributed by atoms with Crippen LogP contribution in [-0.2, 0) is 10.6 Å². The molecule has 0 spiro atoms. The molecule has 0 unspecified atom stereocenters. The zero-order valence-electron chi connectivity index (χ0n) is 9.11. The molecule has 0 radical (unpaired) electrons. The number of nitrogens with zero attached hydrogens (tertiary/aromatic N) is 3. The Morgan fingerprint density at radius 3 is 2.60 bits per heavy atom. The van der Waals surface area contributed by atoms with Crippen molar-refractivity contribution in [3.8, 4) is 0 Å². The van der Waals surface area contributed by atoms with E-state index in [-0.39, 0.29) is 0 Å². The van der Waals surface area contributed by atoms with Crippen LogP contribution in [0.3, 0.4) is 0 Å². The maximum absolute atomic E-state index is 5.65. The number of ether oxygens (including phenoxy) is 1. The first kappa shape index (κ1) is 12.2. The van der Waals surface area contributed by atoms with Crippen molar-refractivity contribution in [2.75, 3.05) is 31.7 Å². The molecule has 84 valence electrons. The lowest BCUT2D eigenvalue weighted by molar-refractivity contribution is 0.154. The van der Waals surface area contributed by atoms with Crippen LogP contribution in [-0.4, -0.2) is 36.8 Å². The van der Waals surface area contributed by atoms with E-state index in [1.807, 2.05) is 18.9 Å². The fraction of sp³-hybridized carbons (Fsp3) is 0.600. The van der Waals surface area contributed by atoms with Gasteiger partial charge in [-0.2, -0.15) is 0 Å². The molecule has 0 aliphatic carbocycles. The lowest BCUT2D eigenvalue weighted by atomic mass is 10.4. The van der Waals surface area contributed by atoms with Gasteiger partial charge in [0, 0.05) is 38.2 Å². The number of aromatic nitrogens is 2. The standard InChI is InChI=1S/C10H16ClN3O/c1-3-15-5-4-14(2)10-12-7-9(6-11)8-13-10/h7-8H,3-6H2,1-2H3. The summed E-state index contributed by atoms with van der Waals surface area (Å²) in [4.78, 5) is 10.4. The minimum Gasteiger partial charge on any atom is -0.380 e. The second-order valence-electron chi connectivity index (χ2n) is 3.14. The van der Waals surface area contributed by atoms with Crippen LogP contribution in [0.5, 0.6) is 0 Å². The van der Waals surface area contributed by atoms with Gasteiger partial charge in [0.05, 0.1) is 12.5 Å². The Morgan fingerprint density at radius 2 is 2.07 bits per heavy atom. The molecule has 1 heterocycles. The number of likely N-dealkylation sites (N-methyl/N-ethyl adjacent to an activating group) is 1. The van der Waals surface area contributed by atoms with Gasteiger partial charge in [0.2, 0.25) is 5.95 Å². The first-order valence-corrected chi connectivity index (χ1v) is 5.47. The molecule has 1 aromatic heterocycles. The molecule has 0 aliphatic heterocycles. The van der Waals surface area contributed by atoms with Crippen LogP contribution < -0.4 is 4.90 Å². The molecular weight excluding hydrogens is 214 g/mol. The number of hydrogen-bond acceptors (Lipinski definition) is 4. The highest BCUT2D eigenvalue weighted by Gasteiger charge is 2.03. The first-order valence-electron chi connectivity index (χ1n) is 4.93. The molecule has 4 nitrogen and oxygen atoms in total. The van der Waals surface area contributed by atoms with E-state index in [0.29, 0.717) is 18.4 Å². The topological polar surface area (TPSA) is 38.2 Å². The molecule has 0 amide bonds. The molecule has 1 rings (SSSR count). The third-order valence-electron chi connectivity index (χ3n) is 1.96. The molecule has 1 aromatic rings. The van der Waals surface area contributed by atoms with E-state index in [2.05, 4.69) is 9.97 Å². The summed E-state index contributed by atoms with van der Waals surface area (Å²) >= 11 is 5.65. The molecule has 0 bridgehead atoms. The zero-order chi connectivity index (χ0) is 11.1. The minimum atomic E-state index is 0.447. The number of hydrogen-bond donors (Lipinski definition) is 0. The molecule has 0 saturated carbocycles. The predicted molar refractivity (Wildman–Crippen MR) is 61.4 cm³/mol. The van der Waals surface area contributed by atoms with Gasteiger partial charge in [-0.1, -0.05) is 0 Å². The quantitative estimate of drug-likeness (QED) is 0.550. The monoisotopic (exact) mass is 229 g/mol. The van der Waals surface area contributed by atoms with Gasteiger partial charge < -0.3 is 9.64 Å². The van der Waals surface area contributed by atoms with Gasteiger partial charge in [-0.3, -0.25) is 0 Å². The van der Waals surface area contributed by atoms with Crippen LogP contribution in [0.25, 0.3) is 0 Å². The highest BCUT2D eigenvalue weighted by molar-refractivity contribution is 6.17. The van der Waals surface area contributed by atoms with Crippen molar-refractivity contribution < 1.29 is 4.74 Å². The number of halogens is 1. The summed E-state index contributed by atoms with van der Waals surface area (Å²) in [6, 6.07) is 0. The molecule has 0 aromatic carbocycles. The highest BCUT2D eigenvalue weighted by atomic mass is 35.5. The summed E-state index contributed by atoms with van der Waals surface area (Å²) in [6.07, 6.45) is 3.49. The molecule has 0 fully saturated rings. The van der Waals surface area contributed by atoms with Crippen LogP contribution in [0.1, 0.15) is 12.5 Å². The average Bonchev–Trinajstić information content (AvgIpc) is 2.29. The van der Waals surface area contributed by atoms with Gasteiger partial charge in [0.1, 0.15) is 0 Å². The number of anilines is 1. The normalized spacial score (nSPS) is 10.3. The van der Waals surface area contributed by atoms with E-state index in [0.717, 1.165) is 18.7 Å². The highest BCUT2D eigenvalue weighted by Crippen LogP contribution is 2.06. The van der Waals surface area contributed by atoms with Gasteiger partial charge in [-0.25, -0.2) is 9.97 Å². The summed E-state index contributed by atoms with van der Waals surface area (Å²) in [5, 5.41) is 0. The van der Waals surface area contributed by atoms with Gasteiger partial charge in [-0.05, 0) is 6.92 Å². The fourth-order valence-corrected chi connectivity index (χ4v) is 1.20. The van der Waals surface area contributed by atoms with Gasteiger partial charge in [-0.15, -0.1) is 11.6 Å². The Morgan fingerprint density at radius 1 is 1.40 bits per heavy atom. The molecule has 0 saturated heterocycles. The van der Waals surface area contributed by atoms with E-state index < -0.39 is 0 Å². The molecule has 0 atom stereocenters. The molecule has 0 N–H and O–H groups in total. The Balaban J connectivity index is 2.46. The summed E-state index contributed by atoms with van der Waals surface area (Å²) in [6.45, 7) is 4.19. The first-order chi connectivity index (χ1) is 7.27. The number of alkyl halides is 1. The van der Waals surface area contributed by atoms with Crippen LogP contribution in [0, 0.1) is 0 Å². The van der Waals surface area contributed by atoms with Crippen molar-refractivity contribution in [2.45, 2.75) is 12.8 Å². The van der Waals surface area contributed by atoms with E-state index in [1.54, 1.807) is 12.4 Å². The van der Waals surface area contributed by atoms with Crippen molar-refractivity contribution in [2.24, 2.45) is 0 Å². The lowest BCUT2D eigenvalue weighted by Crippen LogP contribution is -2.24. The van der Waals surface area contributed by atoms with E-state index in [1.165, 1.54) is 0 Å². The Kier molecular flexibility index (Phi) is 5.36. The van der Waals surface area contributed by atoms with Crippen LogP contribution in [0.15, 0.2) is 12.4 Å². The molecule has 15 heavy (non-hydrogen) atoms. The number of rotatable bonds is 6. The van der Waals surface area contributed by atoms with Gasteiger partial charge >= 0.3 is 0 Å². The SMILES string of the molecule is CCOCCN(C)c1ncc(CCl)cn1. The molecule has 5 heteroatoms.